The van der Waals surface area contributed by atoms with Crippen LogP contribution in [0.2, 0.25) is 0 Å². The molecule has 1 N–H and O–H groups in total. The number of unbranched alkanes of at least 4 members (excludes halogenated alkanes) is 21. The molecule has 0 rings (SSSR count). The van der Waals surface area contributed by atoms with Crippen LogP contribution in [0.1, 0.15) is 240 Å². The zero-order valence-electron chi connectivity index (χ0n) is 34.8. The highest BCUT2D eigenvalue weighted by atomic mass is 16.5. The molecule has 6 nitrogen and oxygen atoms in total. The molecule has 0 aliphatic heterocycles. The molecule has 6 heteroatoms. The fourth-order valence-corrected chi connectivity index (χ4v) is 7.13. The van der Waals surface area contributed by atoms with Gasteiger partial charge in [-0.15, -0.1) is 0 Å². The Bertz CT molecular complexity index is 715. The first-order valence-electron chi connectivity index (χ1n) is 22.7. The minimum absolute atomic E-state index is 0.0162. The van der Waals surface area contributed by atoms with Gasteiger partial charge in [-0.2, -0.15) is 0 Å². The van der Waals surface area contributed by atoms with Gasteiger partial charge in [0.2, 0.25) is 0 Å². The Kier molecular flexibility index (Phi) is 39.2. The summed E-state index contributed by atoms with van der Waals surface area (Å²) < 4.78 is 12.0. The van der Waals surface area contributed by atoms with Crippen molar-refractivity contribution in [1.82, 2.24) is 4.90 Å². The molecule has 0 radical (unpaired) electrons. The molecule has 0 aromatic carbocycles. The lowest BCUT2D eigenvalue weighted by Crippen LogP contribution is -2.29. The number of nitrogens with zero attached hydrogens (tertiary/aromatic N) is 1. The Morgan fingerprint density at radius 3 is 1.04 bits per heavy atom. The zero-order chi connectivity index (χ0) is 37.5. The highest BCUT2D eigenvalue weighted by Gasteiger charge is 2.16. The molecule has 0 aromatic rings. The quantitative estimate of drug-likeness (QED) is 0.0500. The lowest BCUT2D eigenvalue weighted by Gasteiger charge is -2.21. The Morgan fingerprint density at radius 2 is 0.706 bits per heavy atom. The normalized spacial score (nSPS) is 12.2. The summed E-state index contributed by atoms with van der Waals surface area (Å²) in [5.74, 6) is -0.0385. The van der Waals surface area contributed by atoms with Gasteiger partial charge in [-0.3, -0.25) is 9.59 Å². The molecule has 0 saturated carbocycles. The summed E-state index contributed by atoms with van der Waals surface area (Å²) in [6.45, 7) is 11.7. The monoisotopic (exact) mass is 724 g/mol. The molecule has 0 aliphatic rings. The van der Waals surface area contributed by atoms with Crippen LogP contribution in [0.5, 0.6) is 0 Å². The van der Waals surface area contributed by atoms with Gasteiger partial charge in [0.05, 0.1) is 6.61 Å². The first kappa shape index (κ1) is 49.9. The average Bonchev–Trinajstić information content (AvgIpc) is 3.12. The van der Waals surface area contributed by atoms with Crippen molar-refractivity contribution in [3.05, 3.63) is 0 Å². The van der Waals surface area contributed by atoms with Gasteiger partial charge in [0.1, 0.15) is 12.2 Å². The SMILES string of the molecule is CCCCCCCCC(CCCCCCCC)OC(=O)CCCCCN(CCO)CCCCCC(=O)OC(CCCCCC)CCCCCCC. The summed E-state index contributed by atoms with van der Waals surface area (Å²) in [6, 6.07) is 0. The minimum atomic E-state index is -0.0223. The standard InChI is InChI=1S/C45H89NO5/c1-5-9-13-17-20-26-34-43(35-27-21-18-14-10-6-2)51-45(49)37-29-23-31-39-46(40-41-47)38-30-22-28-36-44(48)50-42(32-24-16-12-8-4)33-25-19-15-11-7-3/h42-43,47H,5-41H2,1-4H3. The highest BCUT2D eigenvalue weighted by Crippen LogP contribution is 2.19. The van der Waals surface area contributed by atoms with Gasteiger partial charge in [-0.25, -0.2) is 0 Å². The van der Waals surface area contributed by atoms with Crippen LogP contribution in [0.4, 0.5) is 0 Å². The van der Waals surface area contributed by atoms with Crippen molar-refractivity contribution in [3.8, 4) is 0 Å². The van der Waals surface area contributed by atoms with Gasteiger partial charge in [0, 0.05) is 19.4 Å². The molecule has 0 saturated heterocycles. The smallest absolute Gasteiger partial charge is 0.306 e. The lowest BCUT2D eigenvalue weighted by molar-refractivity contribution is -0.151. The topological polar surface area (TPSA) is 76.1 Å². The van der Waals surface area contributed by atoms with E-state index in [-0.39, 0.29) is 30.8 Å². The van der Waals surface area contributed by atoms with Gasteiger partial charge in [-0.05, 0) is 90.1 Å². The van der Waals surface area contributed by atoms with E-state index in [1.54, 1.807) is 0 Å². The lowest BCUT2D eigenvalue weighted by atomic mass is 10.0. The van der Waals surface area contributed by atoms with Crippen molar-refractivity contribution in [1.29, 1.82) is 0 Å². The number of aliphatic hydroxyl groups excluding tert-OH is 1. The third-order valence-corrected chi connectivity index (χ3v) is 10.5. The first-order chi connectivity index (χ1) is 25.0. The van der Waals surface area contributed by atoms with Crippen molar-refractivity contribution >= 4 is 11.9 Å². The highest BCUT2D eigenvalue weighted by molar-refractivity contribution is 5.69. The van der Waals surface area contributed by atoms with Crippen molar-refractivity contribution < 1.29 is 24.2 Å². The van der Waals surface area contributed by atoms with Crippen LogP contribution in [-0.2, 0) is 19.1 Å². The summed E-state index contributed by atoms with van der Waals surface area (Å²) in [5, 5.41) is 9.62. The number of hydrogen-bond donors (Lipinski definition) is 1. The molecule has 1 atom stereocenters. The number of ether oxygens (including phenoxy) is 2. The Morgan fingerprint density at radius 1 is 0.412 bits per heavy atom. The zero-order valence-corrected chi connectivity index (χ0v) is 34.8. The average molecular weight is 724 g/mol. The predicted molar refractivity (Wildman–Crippen MR) is 218 cm³/mol. The molecular formula is C45H89NO5. The van der Waals surface area contributed by atoms with E-state index in [1.165, 1.54) is 122 Å². The fraction of sp³-hybridized carbons (Fsp3) is 0.956. The van der Waals surface area contributed by atoms with Crippen LogP contribution in [-0.4, -0.2) is 60.4 Å². The van der Waals surface area contributed by atoms with Crippen LogP contribution >= 0.6 is 0 Å². The molecule has 0 bridgehead atoms. The molecule has 51 heavy (non-hydrogen) atoms. The Labute approximate surface area is 318 Å². The number of aliphatic hydroxyl groups is 1. The molecule has 0 amide bonds. The van der Waals surface area contributed by atoms with Crippen LogP contribution in [0.3, 0.4) is 0 Å². The summed E-state index contributed by atoms with van der Waals surface area (Å²) in [5.41, 5.74) is 0. The van der Waals surface area contributed by atoms with Gasteiger partial charge >= 0.3 is 11.9 Å². The van der Waals surface area contributed by atoms with Crippen molar-refractivity contribution in [2.75, 3.05) is 26.2 Å². The summed E-state index contributed by atoms with van der Waals surface area (Å²) >= 11 is 0. The molecule has 304 valence electrons. The van der Waals surface area contributed by atoms with Gasteiger partial charge < -0.3 is 19.5 Å². The number of rotatable bonds is 41. The van der Waals surface area contributed by atoms with Crippen molar-refractivity contribution in [3.63, 3.8) is 0 Å². The minimum Gasteiger partial charge on any atom is -0.462 e. The van der Waals surface area contributed by atoms with Crippen LogP contribution in [0.25, 0.3) is 0 Å². The summed E-state index contributed by atoms with van der Waals surface area (Å²) in [4.78, 5) is 27.8. The second kappa shape index (κ2) is 40.1. The number of carbonyl (C=O) groups is 2. The van der Waals surface area contributed by atoms with Crippen molar-refractivity contribution in [2.24, 2.45) is 0 Å². The van der Waals surface area contributed by atoms with Crippen LogP contribution < -0.4 is 0 Å². The molecule has 1 unspecified atom stereocenters. The molecular weight excluding hydrogens is 634 g/mol. The third kappa shape index (κ3) is 35.6. The second-order valence-corrected chi connectivity index (χ2v) is 15.6. The number of esters is 2. The van der Waals surface area contributed by atoms with E-state index in [2.05, 4.69) is 32.6 Å². The maximum absolute atomic E-state index is 12.8. The van der Waals surface area contributed by atoms with Crippen LogP contribution in [0.15, 0.2) is 0 Å². The number of carbonyl (C=O) groups excluding carboxylic acids is 2. The van der Waals surface area contributed by atoms with Gasteiger partial charge in [-0.1, -0.05) is 150 Å². The van der Waals surface area contributed by atoms with E-state index in [4.69, 9.17) is 9.47 Å². The molecule has 0 fully saturated rings. The van der Waals surface area contributed by atoms with E-state index in [1.807, 2.05) is 0 Å². The van der Waals surface area contributed by atoms with Crippen molar-refractivity contribution in [2.45, 2.75) is 252 Å². The van der Waals surface area contributed by atoms with E-state index in [0.717, 1.165) is 90.1 Å². The molecule has 0 spiro atoms. The first-order valence-corrected chi connectivity index (χ1v) is 22.7. The fourth-order valence-electron chi connectivity index (χ4n) is 7.13. The molecule has 0 heterocycles. The maximum Gasteiger partial charge on any atom is 0.306 e. The van der Waals surface area contributed by atoms with Gasteiger partial charge in [0.15, 0.2) is 0 Å². The summed E-state index contributed by atoms with van der Waals surface area (Å²) in [6.07, 6.45) is 37.4. The largest absolute Gasteiger partial charge is 0.462 e. The predicted octanol–water partition coefficient (Wildman–Crippen LogP) is 13.1. The van der Waals surface area contributed by atoms with E-state index in [0.29, 0.717) is 19.4 Å². The number of hydrogen-bond acceptors (Lipinski definition) is 6. The maximum atomic E-state index is 12.8. The summed E-state index contributed by atoms with van der Waals surface area (Å²) in [7, 11) is 0. The Balaban J connectivity index is 4.34. The van der Waals surface area contributed by atoms with Gasteiger partial charge in [0.25, 0.3) is 0 Å². The Hall–Kier alpha value is -1.14. The van der Waals surface area contributed by atoms with E-state index >= 15 is 0 Å². The molecule has 0 aromatic heterocycles. The van der Waals surface area contributed by atoms with E-state index in [9.17, 15) is 14.7 Å². The second-order valence-electron chi connectivity index (χ2n) is 15.6. The van der Waals surface area contributed by atoms with E-state index < -0.39 is 0 Å². The third-order valence-electron chi connectivity index (χ3n) is 10.5. The van der Waals surface area contributed by atoms with Crippen LogP contribution in [0, 0.1) is 0 Å². The molecule has 0 aliphatic carbocycles.